The van der Waals surface area contributed by atoms with Gasteiger partial charge in [0.1, 0.15) is 0 Å². The van der Waals surface area contributed by atoms with Gasteiger partial charge in [-0.3, -0.25) is 4.79 Å². The quantitative estimate of drug-likeness (QED) is 0.842. The molecule has 116 valence electrons. The summed E-state index contributed by atoms with van der Waals surface area (Å²) in [5, 5.41) is 10.2. The third-order valence-electron chi connectivity index (χ3n) is 5.06. The smallest absolute Gasteiger partial charge is 0.222 e. The van der Waals surface area contributed by atoms with Gasteiger partial charge in [0.15, 0.2) is 0 Å². The molecular formula is C16H29NO3. The van der Waals surface area contributed by atoms with Crippen molar-refractivity contribution in [1.82, 2.24) is 4.90 Å². The van der Waals surface area contributed by atoms with Crippen LogP contribution in [-0.4, -0.2) is 47.8 Å². The third-order valence-corrected chi connectivity index (χ3v) is 5.06. The number of hydrogen-bond donors (Lipinski definition) is 1. The summed E-state index contributed by atoms with van der Waals surface area (Å²) in [6.07, 6.45) is 7.73. The van der Waals surface area contributed by atoms with E-state index in [4.69, 9.17) is 4.74 Å². The van der Waals surface area contributed by atoms with E-state index < -0.39 is 0 Å². The second-order valence-corrected chi connectivity index (χ2v) is 6.40. The Hall–Kier alpha value is -0.610. The number of rotatable bonds is 5. The molecule has 1 amide bonds. The van der Waals surface area contributed by atoms with E-state index >= 15 is 0 Å². The van der Waals surface area contributed by atoms with E-state index in [0.29, 0.717) is 12.3 Å². The van der Waals surface area contributed by atoms with Gasteiger partial charge in [-0.15, -0.1) is 0 Å². The van der Waals surface area contributed by atoms with Gasteiger partial charge < -0.3 is 14.7 Å². The van der Waals surface area contributed by atoms with Crippen LogP contribution in [0.5, 0.6) is 0 Å². The fraction of sp³-hybridized carbons (Fsp3) is 0.938. The number of hydrogen-bond acceptors (Lipinski definition) is 3. The Labute approximate surface area is 122 Å². The highest BCUT2D eigenvalue weighted by molar-refractivity contribution is 5.76. The van der Waals surface area contributed by atoms with Crippen LogP contribution < -0.4 is 0 Å². The molecular weight excluding hydrogens is 254 g/mol. The number of nitrogens with zero attached hydrogens (tertiary/aromatic N) is 1. The predicted octanol–water partition coefficient (Wildman–Crippen LogP) is 2.34. The van der Waals surface area contributed by atoms with Gasteiger partial charge in [0, 0.05) is 32.0 Å². The highest BCUT2D eigenvalue weighted by Crippen LogP contribution is 2.35. The average molecular weight is 283 g/mol. The van der Waals surface area contributed by atoms with Crippen molar-refractivity contribution in [2.45, 2.75) is 76.5 Å². The normalized spacial score (nSPS) is 32.4. The summed E-state index contributed by atoms with van der Waals surface area (Å²) in [4.78, 5) is 14.5. The average Bonchev–Trinajstić information content (AvgIpc) is 2.94. The molecule has 0 aromatic rings. The van der Waals surface area contributed by atoms with Crippen LogP contribution in [0.2, 0.25) is 0 Å². The molecule has 4 unspecified atom stereocenters. The van der Waals surface area contributed by atoms with Gasteiger partial charge >= 0.3 is 0 Å². The molecule has 4 heteroatoms. The highest BCUT2D eigenvalue weighted by Gasteiger charge is 2.38. The third kappa shape index (κ3) is 3.73. The first-order valence-electron chi connectivity index (χ1n) is 8.13. The van der Waals surface area contributed by atoms with Crippen molar-refractivity contribution < 1.29 is 14.6 Å². The molecule has 0 aromatic heterocycles. The maximum atomic E-state index is 12.4. The van der Waals surface area contributed by atoms with E-state index in [0.717, 1.165) is 45.1 Å². The Morgan fingerprint density at radius 2 is 2.05 bits per heavy atom. The van der Waals surface area contributed by atoms with Gasteiger partial charge in [0.25, 0.3) is 0 Å². The Morgan fingerprint density at radius 3 is 2.75 bits per heavy atom. The first-order valence-corrected chi connectivity index (χ1v) is 8.13. The van der Waals surface area contributed by atoms with Crippen LogP contribution >= 0.6 is 0 Å². The van der Waals surface area contributed by atoms with Crippen LogP contribution in [0.15, 0.2) is 0 Å². The molecule has 1 saturated heterocycles. The van der Waals surface area contributed by atoms with Gasteiger partial charge in [0.05, 0.1) is 12.2 Å². The van der Waals surface area contributed by atoms with E-state index in [1.165, 1.54) is 6.42 Å². The topological polar surface area (TPSA) is 49.8 Å². The summed E-state index contributed by atoms with van der Waals surface area (Å²) < 4.78 is 5.21. The number of methoxy groups -OCH3 is 1. The molecule has 20 heavy (non-hydrogen) atoms. The molecule has 1 aliphatic heterocycles. The lowest BCUT2D eigenvalue weighted by atomic mass is 9.80. The van der Waals surface area contributed by atoms with Crippen molar-refractivity contribution in [2.24, 2.45) is 5.92 Å². The lowest BCUT2D eigenvalue weighted by Gasteiger charge is -2.37. The van der Waals surface area contributed by atoms with Crippen LogP contribution in [-0.2, 0) is 9.53 Å². The maximum Gasteiger partial charge on any atom is 0.222 e. The second-order valence-electron chi connectivity index (χ2n) is 6.40. The zero-order valence-corrected chi connectivity index (χ0v) is 12.9. The molecule has 1 aliphatic carbocycles. The van der Waals surface area contributed by atoms with Crippen molar-refractivity contribution in [3.63, 3.8) is 0 Å². The molecule has 2 fully saturated rings. The Morgan fingerprint density at radius 1 is 1.30 bits per heavy atom. The fourth-order valence-electron chi connectivity index (χ4n) is 3.72. The fourth-order valence-corrected chi connectivity index (χ4v) is 3.72. The largest absolute Gasteiger partial charge is 0.393 e. The van der Waals surface area contributed by atoms with Gasteiger partial charge in [-0.1, -0.05) is 12.8 Å². The van der Waals surface area contributed by atoms with Crippen molar-refractivity contribution in [3.05, 3.63) is 0 Å². The zero-order chi connectivity index (χ0) is 14.5. The molecule has 4 nitrogen and oxygen atoms in total. The van der Waals surface area contributed by atoms with E-state index in [1.54, 1.807) is 7.11 Å². The number of aliphatic hydroxyl groups excluding tert-OH is 1. The molecule has 4 atom stereocenters. The van der Waals surface area contributed by atoms with Crippen molar-refractivity contribution in [2.75, 3.05) is 13.7 Å². The minimum Gasteiger partial charge on any atom is -0.393 e. The van der Waals surface area contributed by atoms with Crippen molar-refractivity contribution in [3.8, 4) is 0 Å². The molecule has 0 radical (unpaired) electrons. The van der Waals surface area contributed by atoms with Crippen LogP contribution in [0.1, 0.15) is 58.3 Å². The van der Waals surface area contributed by atoms with E-state index in [2.05, 4.69) is 0 Å². The van der Waals surface area contributed by atoms with Crippen LogP contribution in [0, 0.1) is 5.92 Å². The molecule has 0 spiro atoms. The van der Waals surface area contributed by atoms with E-state index in [1.807, 2.05) is 11.8 Å². The van der Waals surface area contributed by atoms with Gasteiger partial charge in [-0.2, -0.15) is 0 Å². The summed E-state index contributed by atoms with van der Waals surface area (Å²) in [5.41, 5.74) is 0. The summed E-state index contributed by atoms with van der Waals surface area (Å²) >= 11 is 0. The molecule has 1 saturated carbocycles. The first kappa shape index (κ1) is 15.8. The predicted molar refractivity (Wildman–Crippen MR) is 78.4 cm³/mol. The summed E-state index contributed by atoms with van der Waals surface area (Å²) in [6.45, 7) is 2.87. The Kier molecular flexibility index (Phi) is 5.85. The van der Waals surface area contributed by atoms with E-state index in [-0.39, 0.29) is 24.2 Å². The standard InChI is InChI=1S/C16H29NO3/c1-12(20-2)9-10-16(19)17-11-5-7-14(17)13-6-3-4-8-15(13)18/h12-15,18H,3-11H2,1-2H3. The molecule has 1 heterocycles. The zero-order valence-electron chi connectivity index (χ0n) is 12.9. The summed E-state index contributed by atoms with van der Waals surface area (Å²) in [7, 11) is 1.69. The number of aliphatic hydroxyl groups is 1. The van der Waals surface area contributed by atoms with Crippen molar-refractivity contribution >= 4 is 5.91 Å². The molecule has 1 N–H and O–H groups in total. The lowest BCUT2D eigenvalue weighted by molar-refractivity contribution is -0.134. The molecule has 0 aromatic carbocycles. The van der Waals surface area contributed by atoms with Crippen LogP contribution in [0.25, 0.3) is 0 Å². The summed E-state index contributed by atoms with van der Waals surface area (Å²) in [5.74, 6) is 0.546. The van der Waals surface area contributed by atoms with Crippen LogP contribution in [0.4, 0.5) is 0 Å². The number of carbonyl (C=O) groups is 1. The molecule has 2 aliphatic rings. The Bertz CT molecular complexity index is 321. The first-order chi connectivity index (χ1) is 9.63. The minimum absolute atomic E-state index is 0.139. The van der Waals surface area contributed by atoms with Gasteiger partial charge in [-0.05, 0) is 39.0 Å². The number of likely N-dealkylation sites (tertiary alicyclic amines) is 1. The molecule has 2 rings (SSSR count). The Balaban J connectivity index is 1.90. The highest BCUT2D eigenvalue weighted by atomic mass is 16.5. The van der Waals surface area contributed by atoms with E-state index in [9.17, 15) is 9.90 Å². The van der Waals surface area contributed by atoms with Crippen molar-refractivity contribution in [1.29, 1.82) is 0 Å². The van der Waals surface area contributed by atoms with Gasteiger partial charge in [0.2, 0.25) is 5.91 Å². The minimum atomic E-state index is -0.208. The van der Waals surface area contributed by atoms with Crippen LogP contribution in [0.3, 0.4) is 0 Å². The summed E-state index contributed by atoms with van der Waals surface area (Å²) in [6, 6.07) is 0.274. The number of amides is 1. The number of carbonyl (C=O) groups excluding carboxylic acids is 1. The monoisotopic (exact) mass is 283 g/mol. The second kappa shape index (κ2) is 7.41. The number of ether oxygens (including phenoxy) is 1. The molecule has 0 bridgehead atoms. The lowest BCUT2D eigenvalue weighted by Crippen LogP contribution is -2.45. The maximum absolute atomic E-state index is 12.4. The SMILES string of the molecule is COC(C)CCC(=O)N1CCCC1C1CCCCC1O. The van der Waals surface area contributed by atoms with Gasteiger partial charge in [-0.25, -0.2) is 0 Å².